The number of para-hydroxylation sites is 1. The van der Waals surface area contributed by atoms with Gasteiger partial charge >= 0.3 is 0 Å². The molecule has 0 atom stereocenters. The molecule has 2 aliphatic heterocycles. The molecule has 3 heterocycles. The van der Waals surface area contributed by atoms with Crippen molar-refractivity contribution in [3.8, 4) is 11.6 Å². The third-order valence-corrected chi connectivity index (χ3v) is 6.67. The highest BCUT2D eigenvalue weighted by atomic mass is 19.1. The SMILES string of the molecule is CC1CCN(c2nc3c(c(Oc4ccccc4F)n2)CN(C(=O)Cc2ccccc2)CC3)CC1. The molecular formula is C27H29FN4O2. The molecule has 6 nitrogen and oxygen atoms in total. The van der Waals surface area contributed by atoms with Gasteiger partial charge in [-0.1, -0.05) is 49.4 Å². The zero-order valence-corrected chi connectivity index (χ0v) is 19.4. The van der Waals surface area contributed by atoms with Gasteiger partial charge < -0.3 is 14.5 Å². The molecule has 34 heavy (non-hydrogen) atoms. The van der Waals surface area contributed by atoms with Crippen LogP contribution in [-0.2, 0) is 24.2 Å². The van der Waals surface area contributed by atoms with Crippen molar-refractivity contribution in [1.82, 2.24) is 14.9 Å². The van der Waals surface area contributed by atoms with Crippen LogP contribution in [0.25, 0.3) is 0 Å². The fraction of sp³-hybridized carbons (Fsp3) is 0.370. The normalized spacial score (nSPS) is 16.3. The Bertz CT molecular complexity index is 1160. The number of rotatable bonds is 5. The molecule has 2 aromatic carbocycles. The van der Waals surface area contributed by atoms with Gasteiger partial charge in [0.05, 0.1) is 24.2 Å². The molecule has 2 aliphatic rings. The highest BCUT2D eigenvalue weighted by Crippen LogP contribution is 2.33. The van der Waals surface area contributed by atoms with E-state index in [1.54, 1.807) is 18.2 Å². The molecule has 1 saturated heterocycles. The van der Waals surface area contributed by atoms with Gasteiger partial charge in [0, 0.05) is 26.1 Å². The summed E-state index contributed by atoms with van der Waals surface area (Å²) in [6, 6.07) is 16.0. The average Bonchev–Trinajstić information content (AvgIpc) is 2.86. The Balaban J connectivity index is 1.44. The van der Waals surface area contributed by atoms with E-state index in [0.717, 1.165) is 42.8 Å². The molecule has 1 amide bonds. The average molecular weight is 461 g/mol. The van der Waals surface area contributed by atoms with Crippen LogP contribution in [0.15, 0.2) is 54.6 Å². The van der Waals surface area contributed by atoms with Crippen molar-refractivity contribution in [1.29, 1.82) is 0 Å². The number of anilines is 1. The molecule has 1 fully saturated rings. The summed E-state index contributed by atoms with van der Waals surface area (Å²) in [5.74, 6) is 1.36. The number of piperidine rings is 1. The topological polar surface area (TPSA) is 58.6 Å². The van der Waals surface area contributed by atoms with Gasteiger partial charge in [0.15, 0.2) is 11.6 Å². The van der Waals surface area contributed by atoms with E-state index in [4.69, 9.17) is 14.7 Å². The zero-order chi connectivity index (χ0) is 23.5. The van der Waals surface area contributed by atoms with Crippen molar-refractivity contribution in [2.24, 2.45) is 5.92 Å². The van der Waals surface area contributed by atoms with Gasteiger partial charge in [0.25, 0.3) is 0 Å². The minimum Gasteiger partial charge on any atom is -0.435 e. The minimum atomic E-state index is -0.448. The second-order valence-electron chi connectivity index (χ2n) is 9.18. The van der Waals surface area contributed by atoms with Crippen LogP contribution in [0.1, 0.15) is 36.6 Å². The van der Waals surface area contributed by atoms with Crippen LogP contribution in [0.5, 0.6) is 11.6 Å². The number of aromatic nitrogens is 2. The summed E-state index contributed by atoms with van der Waals surface area (Å²) >= 11 is 0. The second-order valence-corrected chi connectivity index (χ2v) is 9.18. The van der Waals surface area contributed by atoms with E-state index >= 15 is 0 Å². The third kappa shape index (κ3) is 4.88. The van der Waals surface area contributed by atoms with E-state index in [9.17, 15) is 9.18 Å². The molecule has 0 bridgehead atoms. The smallest absolute Gasteiger partial charge is 0.229 e. The molecule has 176 valence electrons. The van der Waals surface area contributed by atoms with Crippen molar-refractivity contribution in [2.45, 2.75) is 39.2 Å². The molecule has 0 spiro atoms. The molecule has 0 N–H and O–H groups in total. The lowest BCUT2D eigenvalue weighted by atomic mass is 9.99. The quantitative estimate of drug-likeness (QED) is 0.549. The lowest BCUT2D eigenvalue weighted by molar-refractivity contribution is -0.131. The summed E-state index contributed by atoms with van der Waals surface area (Å²) in [4.78, 5) is 26.6. The lowest BCUT2D eigenvalue weighted by Gasteiger charge is -2.33. The molecule has 0 saturated carbocycles. The van der Waals surface area contributed by atoms with Gasteiger partial charge in [-0.25, -0.2) is 9.37 Å². The molecule has 0 aliphatic carbocycles. The Morgan fingerprint density at radius 3 is 2.53 bits per heavy atom. The number of hydrogen-bond acceptors (Lipinski definition) is 5. The Morgan fingerprint density at radius 2 is 1.76 bits per heavy atom. The maximum atomic E-state index is 14.4. The number of fused-ring (bicyclic) bond motifs is 1. The summed E-state index contributed by atoms with van der Waals surface area (Å²) < 4.78 is 20.4. The monoisotopic (exact) mass is 460 g/mol. The fourth-order valence-corrected chi connectivity index (χ4v) is 4.53. The summed E-state index contributed by atoms with van der Waals surface area (Å²) in [7, 11) is 0. The number of halogens is 1. The van der Waals surface area contributed by atoms with E-state index in [1.165, 1.54) is 6.07 Å². The number of amides is 1. The Kier molecular flexibility index (Phi) is 6.43. The van der Waals surface area contributed by atoms with E-state index < -0.39 is 5.82 Å². The number of ether oxygens (including phenoxy) is 1. The molecule has 3 aromatic rings. The van der Waals surface area contributed by atoms with Gasteiger partial charge in [0.1, 0.15) is 0 Å². The van der Waals surface area contributed by atoms with Crippen LogP contribution in [0.3, 0.4) is 0 Å². The second kappa shape index (κ2) is 9.79. The molecular weight excluding hydrogens is 431 g/mol. The summed E-state index contributed by atoms with van der Waals surface area (Å²) in [5.41, 5.74) is 2.61. The van der Waals surface area contributed by atoms with Crippen LogP contribution in [-0.4, -0.2) is 40.4 Å². The van der Waals surface area contributed by atoms with Crippen molar-refractivity contribution in [3.05, 3.63) is 77.2 Å². The van der Waals surface area contributed by atoms with Crippen molar-refractivity contribution in [3.63, 3.8) is 0 Å². The van der Waals surface area contributed by atoms with E-state index in [2.05, 4.69) is 11.8 Å². The van der Waals surface area contributed by atoms with Crippen LogP contribution >= 0.6 is 0 Å². The summed E-state index contributed by atoms with van der Waals surface area (Å²) in [6.07, 6.45) is 3.13. The molecule has 7 heteroatoms. The predicted octanol–water partition coefficient (Wildman–Crippen LogP) is 4.77. The van der Waals surface area contributed by atoms with E-state index in [-0.39, 0.29) is 11.7 Å². The highest BCUT2D eigenvalue weighted by molar-refractivity contribution is 5.79. The van der Waals surface area contributed by atoms with Gasteiger partial charge in [0.2, 0.25) is 17.7 Å². The number of nitrogens with zero attached hydrogens (tertiary/aromatic N) is 4. The Hall–Kier alpha value is -3.48. The van der Waals surface area contributed by atoms with Crippen LogP contribution in [0.2, 0.25) is 0 Å². The van der Waals surface area contributed by atoms with Crippen molar-refractivity contribution >= 4 is 11.9 Å². The van der Waals surface area contributed by atoms with Gasteiger partial charge in [-0.2, -0.15) is 4.98 Å². The summed E-state index contributed by atoms with van der Waals surface area (Å²) in [6.45, 7) is 4.98. The van der Waals surface area contributed by atoms with E-state index in [1.807, 2.05) is 35.2 Å². The van der Waals surface area contributed by atoms with Gasteiger partial charge in [-0.3, -0.25) is 4.79 Å². The first-order valence-corrected chi connectivity index (χ1v) is 12.0. The van der Waals surface area contributed by atoms with Crippen LogP contribution in [0.4, 0.5) is 10.3 Å². The predicted molar refractivity (Wildman–Crippen MR) is 128 cm³/mol. The third-order valence-electron chi connectivity index (χ3n) is 6.67. The Labute approximate surface area is 199 Å². The Morgan fingerprint density at radius 1 is 1.03 bits per heavy atom. The fourth-order valence-electron chi connectivity index (χ4n) is 4.53. The van der Waals surface area contributed by atoms with E-state index in [0.29, 0.717) is 43.7 Å². The largest absolute Gasteiger partial charge is 0.435 e. The minimum absolute atomic E-state index is 0.0442. The maximum Gasteiger partial charge on any atom is 0.229 e. The molecule has 5 rings (SSSR count). The summed E-state index contributed by atoms with van der Waals surface area (Å²) in [5, 5.41) is 0. The maximum absolute atomic E-state index is 14.4. The first-order chi connectivity index (χ1) is 16.6. The number of benzene rings is 2. The van der Waals surface area contributed by atoms with Gasteiger partial charge in [-0.15, -0.1) is 0 Å². The molecule has 0 radical (unpaired) electrons. The zero-order valence-electron chi connectivity index (χ0n) is 19.4. The number of carbonyl (C=O) groups excluding carboxylic acids is 1. The van der Waals surface area contributed by atoms with Crippen LogP contribution in [0, 0.1) is 11.7 Å². The first kappa shape index (κ1) is 22.3. The standard InChI is InChI=1S/C27H29FN4O2/c1-19-11-14-31(15-12-19)27-29-23-13-16-32(25(33)17-20-7-3-2-4-8-20)18-21(23)26(30-27)34-24-10-6-5-9-22(24)28/h2-10,19H,11-18H2,1H3. The van der Waals surface area contributed by atoms with Crippen LogP contribution < -0.4 is 9.64 Å². The highest BCUT2D eigenvalue weighted by Gasteiger charge is 2.29. The first-order valence-electron chi connectivity index (χ1n) is 12.0. The molecule has 1 aromatic heterocycles. The number of hydrogen-bond donors (Lipinski definition) is 0. The van der Waals surface area contributed by atoms with Crippen molar-refractivity contribution < 1.29 is 13.9 Å². The van der Waals surface area contributed by atoms with Crippen molar-refractivity contribution in [2.75, 3.05) is 24.5 Å². The number of carbonyl (C=O) groups is 1. The molecule has 0 unspecified atom stereocenters. The van der Waals surface area contributed by atoms with Gasteiger partial charge in [-0.05, 0) is 36.5 Å². The lowest BCUT2D eigenvalue weighted by Crippen LogP contribution is -2.39.